The van der Waals surface area contributed by atoms with Crippen LogP contribution in [-0.2, 0) is 0 Å². The Labute approximate surface area is 167 Å². The summed E-state index contributed by atoms with van der Waals surface area (Å²) in [6.07, 6.45) is 3.52. The van der Waals surface area contributed by atoms with E-state index in [1.54, 1.807) is 0 Å². The minimum Gasteiger partial charge on any atom is -0.356 e. The first-order valence-corrected chi connectivity index (χ1v) is 10.3. The molecule has 0 radical (unpaired) electrons. The van der Waals surface area contributed by atoms with Crippen LogP contribution in [0.1, 0.15) is 30.5 Å². The first-order chi connectivity index (χ1) is 13.2. The fourth-order valence-electron chi connectivity index (χ4n) is 4.40. The summed E-state index contributed by atoms with van der Waals surface area (Å²) in [6, 6.07) is 21.9. The van der Waals surface area contributed by atoms with Crippen molar-refractivity contribution in [2.45, 2.75) is 25.4 Å². The quantitative estimate of drug-likeness (QED) is 0.788. The summed E-state index contributed by atoms with van der Waals surface area (Å²) in [4.78, 5) is 2.59. The molecule has 2 N–H and O–H groups in total. The highest BCUT2D eigenvalue weighted by Gasteiger charge is 2.41. The van der Waals surface area contributed by atoms with Crippen molar-refractivity contribution in [1.29, 1.82) is 0 Å². The van der Waals surface area contributed by atoms with E-state index >= 15 is 0 Å². The maximum atomic E-state index is 5.59. The van der Waals surface area contributed by atoms with Crippen LogP contribution in [-0.4, -0.2) is 35.7 Å². The number of fused-ring (bicyclic) bond motifs is 1. The van der Waals surface area contributed by atoms with Crippen molar-refractivity contribution in [3.05, 3.63) is 77.4 Å². The Bertz CT molecular complexity index is 803. The summed E-state index contributed by atoms with van der Waals surface area (Å²) in [5.74, 6) is 0.439. The lowest BCUT2D eigenvalue weighted by Crippen LogP contribution is -2.62. The number of nitrogens with zero attached hydrogens (tertiary/aromatic N) is 1. The minimum absolute atomic E-state index is 0.240. The van der Waals surface area contributed by atoms with Crippen molar-refractivity contribution in [2.75, 3.05) is 19.6 Å². The molecule has 2 saturated heterocycles. The highest BCUT2D eigenvalue weighted by atomic mass is 32.1. The maximum absolute atomic E-state index is 5.59. The second kappa shape index (κ2) is 8.24. The third-order valence-electron chi connectivity index (χ3n) is 5.55. The van der Waals surface area contributed by atoms with Gasteiger partial charge >= 0.3 is 0 Å². The summed E-state index contributed by atoms with van der Waals surface area (Å²) in [6.45, 7) is 5.46. The lowest BCUT2D eigenvalue weighted by Gasteiger charge is -2.48. The number of piperidine rings is 1. The smallest absolute Gasteiger partial charge is 0.167 e. The molecule has 2 fully saturated rings. The van der Waals surface area contributed by atoms with Gasteiger partial charge in [0.05, 0.1) is 12.1 Å². The zero-order valence-corrected chi connectivity index (χ0v) is 16.6. The molecule has 4 rings (SSSR count). The summed E-state index contributed by atoms with van der Waals surface area (Å²) >= 11 is 5.59. The largest absolute Gasteiger partial charge is 0.356 e. The average Bonchev–Trinajstić information content (AvgIpc) is 2.70. The van der Waals surface area contributed by atoms with Gasteiger partial charge in [-0.2, -0.15) is 0 Å². The average molecular weight is 378 g/mol. The minimum atomic E-state index is 0.240. The van der Waals surface area contributed by atoms with E-state index < -0.39 is 0 Å². The third kappa shape index (κ3) is 4.07. The molecule has 2 aliphatic heterocycles. The van der Waals surface area contributed by atoms with E-state index in [1.165, 1.54) is 23.1 Å². The molecule has 4 heteroatoms. The van der Waals surface area contributed by atoms with E-state index in [2.05, 4.69) is 89.2 Å². The predicted octanol–water partition coefficient (Wildman–Crippen LogP) is 4.00. The van der Waals surface area contributed by atoms with Gasteiger partial charge in [-0.25, -0.2) is 0 Å². The number of benzene rings is 2. The topological polar surface area (TPSA) is 27.3 Å². The molecule has 2 heterocycles. The van der Waals surface area contributed by atoms with E-state index in [0.29, 0.717) is 5.92 Å². The van der Waals surface area contributed by atoms with Gasteiger partial charge in [-0.05, 0) is 41.9 Å². The summed E-state index contributed by atoms with van der Waals surface area (Å²) < 4.78 is 0. The SMILES string of the molecule is CCCN1C/C(=C\c2ccccc2)[C@@H]2NC(=S)N[C@H](c3ccccc3)[C@H]2C1. The Morgan fingerprint density at radius 1 is 1.00 bits per heavy atom. The lowest BCUT2D eigenvalue weighted by molar-refractivity contribution is 0.154. The number of nitrogens with one attached hydrogen (secondary N) is 2. The Morgan fingerprint density at radius 3 is 2.37 bits per heavy atom. The number of hydrogen-bond donors (Lipinski definition) is 2. The molecular weight excluding hydrogens is 350 g/mol. The molecule has 0 saturated carbocycles. The molecule has 0 spiro atoms. The number of thiocarbonyl (C=S) groups is 1. The van der Waals surface area contributed by atoms with Crippen LogP contribution in [0, 0.1) is 5.92 Å². The van der Waals surface area contributed by atoms with Crippen LogP contribution in [0.2, 0.25) is 0 Å². The Morgan fingerprint density at radius 2 is 1.67 bits per heavy atom. The molecule has 27 heavy (non-hydrogen) atoms. The number of rotatable bonds is 4. The standard InChI is InChI=1S/C23H27N3S/c1-2-13-26-15-19(14-17-9-5-3-6-10-17)22-20(16-26)21(24-23(27)25-22)18-11-7-4-8-12-18/h3-12,14,20-22H,2,13,15-16H2,1H3,(H2,24,25,27)/b19-14+/t20-,21-,22+/m1/s1. The molecule has 3 nitrogen and oxygen atoms in total. The Kier molecular flexibility index (Phi) is 5.55. The zero-order chi connectivity index (χ0) is 18.6. The van der Waals surface area contributed by atoms with Gasteiger partial charge in [-0.15, -0.1) is 0 Å². The van der Waals surface area contributed by atoms with Gasteiger partial charge in [-0.3, -0.25) is 4.90 Å². The van der Waals surface area contributed by atoms with Gasteiger partial charge in [0.2, 0.25) is 0 Å². The van der Waals surface area contributed by atoms with Gasteiger partial charge in [0.1, 0.15) is 0 Å². The van der Waals surface area contributed by atoms with Crippen LogP contribution >= 0.6 is 12.2 Å². The van der Waals surface area contributed by atoms with E-state index in [1.807, 2.05) is 0 Å². The van der Waals surface area contributed by atoms with Crippen molar-refractivity contribution >= 4 is 23.4 Å². The van der Waals surface area contributed by atoms with Crippen molar-refractivity contribution in [2.24, 2.45) is 5.92 Å². The van der Waals surface area contributed by atoms with Crippen LogP contribution in [0.25, 0.3) is 6.08 Å². The van der Waals surface area contributed by atoms with Crippen LogP contribution in [0.5, 0.6) is 0 Å². The zero-order valence-electron chi connectivity index (χ0n) is 15.8. The van der Waals surface area contributed by atoms with Gasteiger partial charge in [0.15, 0.2) is 5.11 Å². The Hall–Kier alpha value is -2.17. The molecule has 0 bridgehead atoms. The normalized spacial score (nSPS) is 26.9. The van der Waals surface area contributed by atoms with Gasteiger partial charge in [0, 0.05) is 19.0 Å². The monoisotopic (exact) mass is 377 g/mol. The van der Waals surface area contributed by atoms with E-state index in [9.17, 15) is 0 Å². The van der Waals surface area contributed by atoms with Crippen molar-refractivity contribution in [3.63, 3.8) is 0 Å². The maximum Gasteiger partial charge on any atom is 0.167 e. The lowest BCUT2D eigenvalue weighted by atomic mass is 9.78. The first kappa shape index (κ1) is 18.2. The highest BCUT2D eigenvalue weighted by molar-refractivity contribution is 7.80. The number of likely N-dealkylation sites (tertiary alicyclic amines) is 1. The molecule has 2 aromatic rings. The molecule has 0 aromatic heterocycles. The number of hydrogen-bond acceptors (Lipinski definition) is 2. The van der Waals surface area contributed by atoms with Crippen LogP contribution in [0.3, 0.4) is 0 Å². The fraction of sp³-hybridized carbons (Fsp3) is 0.348. The van der Waals surface area contributed by atoms with Crippen molar-refractivity contribution < 1.29 is 0 Å². The van der Waals surface area contributed by atoms with E-state index in [0.717, 1.165) is 24.7 Å². The van der Waals surface area contributed by atoms with Crippen molar-refractivity contribution in [3.8, 4) is 0 Å². The predicted molar refractivity (Wildman–Crippen MR) is 116 cm³/mol. The van der Waals surface area contributed by atoms with Crippen molar-refractivity contribution in [1.82, 2.24) is 15.5 Å². The van der Waals surface area contributed by atoms with Crippen LogP contribution < -0.4 is 10.6 Å². The molecule has 0 amide bonds. The van der Waals surface area contributed by atoms with Gasteiger partial charge in [-0.1, -0.05) is 73.7 Å². The molecule has 2 aromatic carbocycles. The molecule has 2 aliphatic rings. The van der Waals surface area contributed by atoms with Gasteiger partial charge < -0.3 is 10.6 Å². The van der Waals surface area contributed by atoms with E-state index in [-0.39, 0.29) is 12.1 Å². The summed E-state index contributed by atoms with van der Waals surface area (Å²) in [7, 11) is 0. The molecule has 0 unspecified atom stereocenters. The fourth-order valence-corrected chi connectivity index (χ4v) is 4.66. The first-order valence-electron chi connectivity index (χ1n) is 9.84. The molecular formula is C23H27N3S. The van der Waals surface area contributed by atoms with Crippen LogP contribution in [0.15, 0.2) is 66.2 Å². The highest BCUT2D eigenvalue weighted by Crippen LogP contribution is 2.35. The summed E-state index contributed by atoms with van der Waals surface area (Å²) in [5.41, 5.74) is 4.00. The second-order valence-corrected chi connectivity index (χ2v) is 7.92. The molecule has 3 atom stereocenters. The second-order valence-electron chi connectivity index (χ2n) is 7.51. The molecule has 140 valence electrons. The van der Waals surface area contributed by atoms with Crippen LogP contribution in [0.4, 0.5) is 0 Å². The van der Waals surface area contributed by atoms with E-state index in [4.69, 9.17) is 12.2 Å². The van der Waals surface area contributed by atoms with Gasteiger partial charge in [0.25, 0.3) is 0 Å². The Balaban J connectivity index is 1.71. The third-order valence-corrected chi connectivity index (χ3v) is 5.79. The molecule has 0 aliphatic carbocycles. The summed E-state index contributed by atoms with van der Waals surface area (Å²) in [5, 5.41) is 7.88.